The maximum absolute atomic E-state index is 4.66. The van der Waals surface area contributed by atoms with Crippen LogP contribution in [0.4, 0.5) is 0 Å². The van der Waals surface area contributed by atoms with Gasteiger partial charge in [-0.15, -0.1) is 23.5 Å². The van der Waals surface area contributed by atoms with Gasteiger partial charge in [-0.2, -0.15) is 0 Å². The molecule has 0 fully saturated rings. The Morgan fingerprint density at radius 2 is 1.11 bits per heavy atom. The summed E-state index contributed by atoms with van der Waals surface area (Å²) in [5.41, 5.74) is 12.0. The van der Waals surface area contributed by atoms with Crippen molar-refractivity contribution in [1.82, 2.24) is 0 Å². The van der Waals surface area contributed by atoms with E-state index in [4.69, 9.17) is 0 Å². The number of nitrogens with zero attached hydrogens (tertiary/aromatic N) is 2. The number of hydrogen-bond donors (Lipinski definition) is 0. The number of hydrogen-bond acceptors (Lipinski definition) is 4. The minimum Gasteiger partial charge on any atom is -0.289 e. The zero-order valence-electron chi connectivity index (χ0n) is 21.1. The first kappa shape index (κ1) is 24.4. The predicted octanol–water partition coefficient (Wildman–Crippen LogP) is 8.36. The van der Waals surface area contributed by atoms with Gasteiger partial charge in [-0.1, -0.05) is 35.9 Å². The summed E-state index contributed by atoms with van der Waals surface area (Å²) < 4.78 is 0. The van der Waals surface area contributed by atoms with Crippen molar-refractivity contribution in [3.63, 3.8) is 0 Å². The topological polar surface area (TPSA) is 24.7 Å². The fourth-order valence-electron chi connectivity index (χ4n) is 4.97. The Morgan fingerprint density at radius 1 is 0.629 bits per heavy atom. The molecular weight excluding hydrogens is 464 g/mol. The Morgan fingerprint density at radius 3 is 1.51 bits per heavy atom. The zero-order valence-corrected chi connectivity index (χ0v) is 22.7. The molecule has 3 aromatic carbocycles. The highest BCUT2D eigenvalue weighted by Gasteiger charge is 2.12. The number of aryl methyl sites for hydroxylation is 3. The molecule has 35 heavy (non-hydrogen) atoms. The summed E-state index contributed by atoms with van der Waals surface area (Å²) in [7, 11) is 0. The highest BCUT2D eigenvalue weighted by molar-refractivity contribution is 7.98. The SMILES string of the molecule is Cc1cc(CSc2ccc(C3=NCCC3)cc2C)cc(CSc2ccc(C3=NCCC3)cc2C)c1. The van der Waals surface area contributed by atoms with Gasteiger partial charge in [-0.3, -0.25) is 9.98 Å². The van der Waals surface area contributed by atoms with Gasteiger partial charge in [0, 0.05) is 45.8 Å². The molecule has 0 unspecified atom stereocenters. The summed E-state index contributed by atoms with van der Waals surface area (Å²) in [4.78, 5) is 12.1. The van der Waals surface area contributed by atoms with Gasteiger partial charge in [-0.05, 0) is 104 Å². The predicted molar refractivity (Wildman–Crippen MR) is 154 cm³/mol. The van der Waals surface area contributed by atoms with E-state index in [1.54, 1.807) is 0 Å². The van der Waals surface area contributed by atoms with E-state index in [1.807, 2.05) is 23.5 Å². The van der Waals surface area contributed by atoms with Crippen LogP contribution < -0.4 is 0 Å². The molecule has 2 nitrogen and oxygen atoms in total. The van der Waals surface area contributed by atoms with Crippen LogP contribution >= 0.6 is 23.5 Å². The zero-order chi connectivity index (χ0) is 24.2. The molecule has 4 heteroatoms. The average molecular weight is 499 g/mol. The van der Waals surface area contributed by atoms with Gasteiger partial charge in [-0.25, -0.2) is 0 Å². The molecule has 0 aliphatic carbocycles. The summed E-state index contributed by atoms with van der Waals surface area (Å²) in [6, 6.07) is 20.8. The molecule has 0 spiro atoms. The monoisotopic (exact) mass is 498 g/mol. The average Bonchev–Trinajstić information content (AvgIpc) is 3.57. The van der Waals surface area contributed by atoms with Gasteiger partial charge in [0.1, 0.15) is 0 Å². The third kappa shape index (κ3) is 6.10. The molecule has 3 aromatic rings. The Bertz CT molecular complexity index is 1190. The van der Waals surface area contributed by atoms with Crippen molar-refractivity contribution in [3.8, 4) is 0 Å². The summed E-state index contributed by atoms with van der Waals surface area (Å²) in [6.07, 6.45) is 4.63. The quantitative estimate of drug-likeness (QED) is 0.291. The lowest BCUT2D eigenvalue weighted by Crippen LogP contribution is -1.97. The maximum Gasteiger partial charge on any atom is 0.0421 e. The minimum atomic E-state index is 0.986. The summed E-state index contributed by atoms with van der Waals surface area (Å²) in [5, 5.41) is 0. The molecule has 0 saturated carbocycles. The second kappa shape index (κ2) is 11.2. The molecule has 0 amide bonds. The van der Waals surface area contributed by atoms with Crippen molar-refractivity contribution in [2.45, 2.75) is 67.8 Å². The van der Waals surface area contributed by atoms with Gasteiger partial charge in [0.15, 0.2) is 0 Å². The lowest BCUT2D eigenvalue weighted by Gasteiger charge is -2.12. The van der Waals surface area contributed by atoms with Crippen LogP contribution in [0.3, 0.4) is 0 Å². The van der Waals surface area contributed by atoms with Gasteiger partial charge in [0.2, 0.25) is 0 Å². The first-order valence-corrected chi connectivity index (χ1v) is 14.7. The normalized spacial score (nSPS) is 15.4. The van der Waals surface area contributed by atoms with Crippen LogP contribution in [0.1, 0.15) is 64.6 Å². The van der Waals surface area contributed by atoms with E-state index in [1.165, 1.54) is 73.0 Å². The van der Waals surface area contributed by atoms with Crippen molar-refractivity contribution in [3.05, 3.63) is 93.5 Å². The Hall–Kier alpha value is -2.30. The second-order valence-electron chi connectivity index (χ2n) is 9.73. The number of benzene rings is 3. The van der Waals surface area contributed by atoms with Crippen LogP contribution in [-0.4, -0.2) is 24.5 Å². The minimum absolute atomic E-state index is 0.986. The third-order valence-corrected chi connectivity index (χ3v) is 9.24. The van der Waals surface area contributed by atoms with Crippen LogP contribution in [0.5, 0.6) is 0 Å². The van der Waals surface area contributed by atoms with Crippen molar-refractivity contribution in [1.29, 1.82) is 0 Å². The number of aliphatic imine (C=N–C) groups is 2. The molecule has 0 atom stereocenters. The van der Waals surface area contributed by atoms with Crippen LogP contribution in [0.15, 0.2) is 74.4 Å². The molecule has 2 aliphatic rings. The first-order chi connectivity index (χ1) is 17.0. The smallest absolute Gasteiger partial charge is 0.0421 e. The van der Waals surface area contributed by atoms with E-state index >= 15 is 0 Å². The molecule has 0 radical (unpaired) electrons. The summed E-state index contributed by atoms with van der Waals surface area (Å²) >= 11 is 3.88. The first-order valence-electron chi connectivity index (χ1n) is 12.7. The van der Waals surface area contributed by atoms with E-state index in [0.29, 0.717) is 0 Å². The van der Waals surface area contributed by atoms with Crippen LogP contribution in [-0.2, 0) is 11.5 Å². The molecular formula is C31H34N2S2. The van der Waals surface area contributed by atoms with Crippen molar-refractivity contribution in [2.24, 2.45) is 9.98 Å². The Balaban J connectivity index is 1.22. The highest BCUT2D eigenvalue weighted by atomic mass is 32.2. The van der Waals surface area contributed by atoms with Crippen LogP contribution in [0.25, 0.3) is 0 Å². The standard InChI is InChI=1S/C31H34N2S2/c1-21-14-24(19-34-30-10-8-26(16-22(30)2)28-6-4-12-32-28)18-25(15-21)20-35-31-11-9-27(17-23(31)3)29-7-5-13-33-29/h8-11,14-18H,4-7,12-13,19-20H2,1-3H3. The molecule has 2 aliphatic heterocycles. The van der Waals surface area contributed by atoms with Crippen molar-refractivity contribution >= 4 is 34.9 Å². The fourth-order valence-corrected chi connectivity index (χ4v) is 6.85. The highest BCUT2D eigenvalue weighted by Crippen LogP contribution is 2.31. The van der Waals surface area contributed by atoms with Crippen molar-refractivity contribution < 1.29 is 0 Å². The van der Waals surface area contributed by atoms with Crippen molar-refractivity contribution in [2.75, 3.05) is 13.1 Å². The van der Waals surface area contributed by atoms with Gasteiger partial charge >= 0.3 is 0 Å². The van der Waals surface area contributed by atoms with Crippen LogP contribution in [0.2, 0.25) is 0 Å². The van der Waals surface area contributed by atoms with E-state index in [9.17, 15) is 0 Å². The van der Waals surface area contributed by atoms with E-state index < -0.39 is 0 Å². The van der Waals surface area contributed by atoms with Crippen LogP contribution in [0, 0.1) is 20.8 Å². The molecule has 0 bridgehead atoms. The summed E-state index contributed by atoms with van der Waals surface area (Å²) in [5.74, 6) is 1.99. The Labute approximate surface area is 218 Å². The molecule has 180 valence electrons. The molecule has 5 rings (SSSR count). The lowest BCUT2D eigenvalue weighted by molar-refractivity contribution is 0.951. The Kier molecular flexibility index (Phi) is 7.79. The number of thioether (sulfide) groups is 2. The lowest BCUT2D eigenvalue weighted by atomic mass is 10.1. The van der Waals surface area contributed by atoms with Gasteiger partial charge in [0.05, 0.1) is 0 Å². The van der Waals surface area contributed by atoms with Gasteiger partial charge in [0.25, 0.3) is 0 Å². The van der Waals surface area contributed by atoms with E-state index in [2.05, 4.69) is 85.4 Å². The molecule has 0 saturated heterocycles. The second-order valence-corrected chi connectivity index (χ2v) is 11.8. The molecule has 0 N–H and O–H groups in total. The van der Waals surface area contributed by atoms with E-state index in [0.717, 1.165) is 37.4 Å². The third-order valence-electron chi connectivity index (χ3n) is 6.75. The fraction of sp³-hybridized carbons (Fsp3) is 0.355. The molecule has 0 aromatic heterocycles. The van der Waals surface area contributed by atoms with Gasteiger partial charge < -0.3 is 0 Å². The number of rotatable bonds is 8. The molecule has 2 heterocycles. The van der Waals surface area contributed by atoms with E-state index in [-0.39, 0.29) is 0 Å². The largest absolute Gasteiger partial charge is 0.289 e. The summed E-state index contributed by atoms with van der Waals surface area (Å²) in [6.45, 7) is 8.64. The maximum atomic E-state index is 4.66.